The normalized spacial score (nSPS) is 25.6. The van der Waals surface area contributed by atoms with Gasteiger partial charge in [0, 0.05) is 31.2 Å². The predicted octanol–water partition coefficient (Wildman–Crippen LogP) is 3.56. The number of rotatable bonds is 2. The maximum Gasteiger partial charge on any atom is 0.322 e. The van der Waals surface area contributed by atoms with Crippen molar-refractivity contribution in [1.29, 1.82) is 0 Å². The molecule has 3 heterocycles. The number of piperidine rings is 1. The van der Waals surface area contributed by atoms with Crippen molar-refractivity contribution < 1.29 is 9.59 Å². The number of anilines is 1. The molecule has 3 saturated heterocycles. The number of carbonyl (C=O) groups excluding carboxylic acids is 2. The zero-order chi connectivity index (χ0) is 18.3. The monoisotopic (exact) mass is 355 g/mol. The summed E-state index contributed by atoms with van der Waals surface area (Å²) in [6.45, 7) is 6.36. The van der Waals surface area contributed by atoms with Gasteiger partial charge in [-0.2, -0.15) is 0 Å². The highest BCUT2D eigenvalue weighted by atomic mass is 16.2. The Morgan fingerprint density at radius 3 is 2.35 bits per heavy atom. The maximum atomic E-state index is 12.9. The number of nitrogens with zero attached hydrogens (tertiary/aromatic N) is 2. The molecule has 1 saturated carbocycles. The van der Waals surface area contributed by atoms with Gasteiger partial charge in [0.05, 0.1) is 6.04 Å². The lowest BCUT2D eigenvalue weighted by molar-refractivity contribution is -0.138. The van der Waals surface area contributed by atoms with Crippen LogP contribution in [0.5, 0.6) is 0 Å². The molecule has 4 aliphatic rings. The smallest absolute Gasteiger partial charge is 0.322 e. The van der Waals surface area contributed by atoms with Crippen molar-refractivity contribution in [3.63, 3.8) is 0 Å². The minimum atomic E-state index is -0.0253. The van der Waals surface area contributed by atoms with E-state index in [4.69, 9.17) is 0 Å². The molecule has 3 amide bonds. The Balaban J connectivity index is 1.45. The molecule has 0 aromatic heterocycles. The van der Waals surface area contributed by atoms with Crippen molar-refractivity contribution in [3.05, 3.63) is 29.3 Å². The number of hydrogen-bond acceptors (Lipinski definition) is 2. The third-order valence-corrected chi connectivity index (χ3v) is 6.21. The molecule has 3 aliphatic heterocycles. The van der Waals surface area contributed by atoms with E-state index in [-0.39, 0.29) is 18.0 Å². The Hall–Kier alpha value is -2.04. The minimum Gasteiger partial charge on any atom is -0.340 e. The summed E-state index contributed by atoms with van der Waals surface area (Å²) < 4.78 is 0. The van der Waals surface area contributed by atoms with Crippen molar-refractivity contribution >= 4 is 17.6 Å². The second kappa shape index (κ2) is 6.93. The van der Waals surface area contributed by atoms with E-state index in [1.165, 1.54) is 6.42 Å². The van der Waals surface area contributed by atoms with Crippen LogP contribution in [0.1, 0.15) is 43.2 Å². The Morgan fingerprint density at radius 2 is 1.69 bits per heavy atom. The molecule has 0 radical (unpaired) electrons. The highest BCUT2D eigenvalue weighted by Gasteiger charge is 2.40. The molecule has 140 valence electrons. The van der Waals surface area contributed by atoms with Crippen LogP contribution >= 0.6 is 0 Å². The van der Waals surface area contributed by atoms with Crippen molar-refractivity contribution in [1.82, 2.24) is 9.80 Å². The standard InChI is InChI=1S/C21H29N3O2/c1-14-8-15(2)10-18(9-14)22-21(26)24-12-16-6-7-19(24)13-23(11-16)20(25)17-4-3-5-17/h8-10,16-17,19H,3-7,11-13H2,1-2H3,(H,22,26)/t16-,19+/m0/s1. The molecule has 0 spiro atoms. The molecular formula is C21H29N3O2. The third kappa shape index (κ3) is 3.44. The molecule has 0 unspecified atom stereocenters. The van der Waals surface area contributed by atoms with Crippen LogP contribution in [0.3, 0.4) is 0 Å². The van der Waals surface area contributed by atoms with E-state index in [0.29, 0.717) is 18.4 Å². The average molecular weight is 355 g/mol. The summed E-state index contributed by atoms with van der Waals surface area (Å²) in [5.74, 6) is 0.970. The van der Waals surface area contributed by atoms with Crippen LogP contribution in [0.15, 0.2) is 18.2 Å². The van der Waals surface area contributed by atoms with E-state index < -0.39 is 0 Å². The zero-order valence-electron chi connectivity index (χ0n) is 15.8. The fourth-order valence-electron chi connectivity index (χ4n) is 4.67. The number of carbonyl (C=O) groups is 2. The van der Waals surface area contributed by atoms with Crippen LogP contribution in [0.25, 0.3) is 0 Å². The van der Waals surface area contributed by atoms with Gasteiger partial charge in [-0.15, -0.1) is 0 Å². The van der Waals surface area contributed by atoms with Gasteiger partial charge >= 0.3 is 6.03 Å². The Morgan fingerprint density at radius 1 is 0.962 bits per heavy atom. The molecule has 5 rings (SSSR count). The summed E-state index contributed by atoms with van der Waals surface area (Å²) in [6, 6.07) is 6.24. The summed E-state index contributed by atoms with van der Waals surface area (Å²) >= 11 is 0. The van der Waals surface area contributed by atoms with Gasteiger partial charge in [0.1, 0.15) is 0 Å². The first kappa shape index (κ1) is 17.4. The second-order valence-corrected chi connectivity index (χ2v) is 8.43. The molecule has 1 aliphatic carbocycles. The van der Waals surface area contributed by atoms with Gasteiger partial charge < -0.3 is 15.1 Å². The van der Waals surface area contributed by atoms with Crippen LogP contribution in [0.4, 0.5) is 10.5 Å². The van der Waals surface area contributed by atoms with Crippen molar-refractivity contribution in [2.45, 2.75) is 52.0 Å². The number of hydrogen-bond donors (Lipinski definition) is 1. The SMILES string of the molecule is Cc1cc(C)cc(NC(=O)N2C[C@H]3CC[C@@H]2CN(C(=O)C2CCC2)C3)c1. The Bertz CT molecular complexity index is 693. The van der Waals surface area contributed by atoms with Crippen molar-refractivity contribution in [2.24, 2.45) is 11.8 Å². The summed E-state index contributed by atoms with van der Waals surface area (Å²) in [5, 5.41) is 3.08. The first-order valence-corrected chi connectivity index (χ1v) is 9.94. The van der Waals surface area contributed by atoms with E-state index in [0.717, 1.165) is 55.6 Å². The van der Waals surface area contributed by atoms with Crippen LogP contribution in [0, 0.1) is 25.7 Å². The van der Waals surface area contributed by atoms with E-state index >= 15 is 0 Å². The van der Waals surface area contributed by atoms with Crippen LogP contribution in [0.2, 0.25) is 0 Å². The van der Waals surface area contributed by atoms with E-state index in [1.54, 1.807) is 0 Å². The van der Waals surface area contributed by atoms with Gasteiger partial charge in [-0.05, 0) is 68.7 Å². The fourth-order valence-corrected chi connectivity index (χ4v) is 4.67. The fraction of sp³-hybridized carbons (Fsp3) is 0.619. The number of nitrogens with one attached hydrogen (secondary N) is 1. The van der Waals surface area contributed by atoms with E-state index in [1.807, 2.05) is 30.9 Å². The van der Waals surface area contributed by atoms with E-state index in [2.05, 4.69) is 16.3 Å². The molecule has 4 fully saturated rings. The first-order chi connectivity index (χ1) is 12.5. The summed E-state index contributed by atoms with van der Waals surface area (Å²) in [4.78, 5) is 29.6. The lowest BCUT2D eigenvalue weighted by Gasteiger charge is -2.36. The largest absolute Gasteiger partial charge is 0.340 e. The zero-order valence-corrected chi connectivity index (χ0v) is 15.8. The molecule has 2 atom stereocenters. The Kier molecular flexibility index (Phi) is 4.63. The van der Waals surface area contributed by atoms with Gasteiger partial charge in [-0.3, -0.25) is 4.79 Å². The van der Waals surface area contributed by atoms with Gasteiger partial charge in [-0.1, -0.05) is 12.5 Å². The third-order valence-electron chi connectivity index (χ3n) is 6.21. The molecule has 2 bridgehead atoms. The lowest BCUT2D eigenvalue weighted by Crippen LogP contribution is -2.49. The van der Waals surface area contributed by atoms with Crippen LogP contribution in [-0.2, 0) is 4.79 Å². The molecule has 1 aromatic carbocycles. The second-order valence-electron chi connectivity index (χ2n) is 8.43. The van der Waals surface area contributed by atoms with Crippen LogP contribution in [-0.4, -0.2) is 47.4 Å². The predicted molar refractivity (Wildman–Crippen MR) is 102 cm³/mol. The molecule has 1 aromatic rings. The van der Waals surface area contributed by atoms with Crippen molar-refractivity contribution in [3.8, 4) is 0 Å². The molecular weight excluding hydrogens is 326 g/mol. The van der Waals surface area contributed by atoms with Crippen LogP contribution < -0.4 is 5.32 Å². The summed E-state index contributed by atoms with van der Waals surface area (Å²) in [5.41, 5.74) is 3.15. The highest BCUT2D eigenvalue weighted by molar-refractivity contribution is 5.90. The number of amides is 3. The minimum absolute atomic E-state index is 0.0253. The molecule has 26 heavy (non-hydrogen) atoms. The molecule has 5 nitrogen and oxygen atoms in total. The van der Waals surface area contributed by atoms with Gasteiger partial charge in [0.15, 0.2) is 0 Å². The number of aryl methyl sites for hydroxylation is 2. The lowest BCUT2D eigenvalue weighted by atomic mass is 9.84. The van der Waals surface area contributed by atoms with Gasteiger partial charge in [0.2, 0.25) is 5.91 Å². The number of benzene rings is 1. The number of urea groups is 1. The van der Waals surface area contributed by atoms with E-state index in [9.17, 15) is 9.59 Å². The number of fused-ring (bicyclic) bond motifs is 4. The highest BCUT2D eigenvalue weighted by Crippen LogP contribution is 2.33. The Labute approximate surface area is 155 Å². The topological polar surface area (TPSA) is 52.7 Å². The van der Waals surface area contributed by atoms with Gasteiger partial charge in [-0.25, -0.2) is 4.79 Å². The van der Waals surface area contributed by atoms with Gasteiger partial charge in [0.25, 0.3) is 0 Å². The summed E-state index contributed by atoms with van der Waals surface area (Å²) in [6.07, 6.45) is 5.39. The maximum absolute atomic E-state index is 12.9. The summed E-state index contributed by atoms with van der Waals surface area (Å²) in [7, 11) is 0. The quantitative estimate of drug-likeness (QED) is 0.882. The molecule has 1 N–H and O–H groups in total. The molecule has 5 heteroatoms. The van der Waals surface area contributed by atoms with Crippen molar-refractivity contribution in [2.75, 3.05) is 25.0 Å². The average Bonchev–Trinajstić information content (AvgIpc) is 2.84. The first-order valence-electron chi connectivity index (χ1n) is 9.94.